The third kappa shape index (κ3) is 3.09. The van der Waals surface area contributed by atoms with Crippen LogP contribution in [0.15, 0.2) is 42.5 Å². The molecule has 114 valence electrons. The number of ether oxygens (including phenoxy) is 1. The highest BCUT2D eigenvalue weighted by molar-refractivity contribution is 6.34. The molecule has 0 aromatic heterocycles. The molecule has 0 atom stereocenters. The van der Waals surface area contributed by atoms with E-state index in [2.05, 4.69) is 0 Å². The molecule has 0 radical (unpaired) electrons. The number of aryl methyl sites for hydroxylation is 2. The van der Waals surface area contributed by atoms with Gasteiger partial charge in [0.25, 0.3) is 5.91 Å². The van der Waals surface area contributed by atoms with Crippen molar-refractivity contribution in [2.24, 2.45) is 0 Å². The predicted octanol–water partition coefficient (Wildman–Crippen LogP) is 4.01. The summed E-state index contributed by atoms with van der Waals surface area (Å²) in [5.74, 6) is 0.653. The van der Waals surface area contributed by atoms with Gasteiger partial charge in [0.05, 0.1) is 10.7 Å². The Bertz CT molecular complexity index is 699. The number of rotatable bonds is 3. The molecular weight excluding hydrogens is 298 g/mol. The molecule has 1 heterocycles. The molecule has 4 heteroatoms. The van der Waals surface area contributed by atoms with Crippen molar-refractivity contribution in [2.75, 3.05) is 18.1 Å². The zero-order valence-corrected chi connectivity index (χ0v) is 13.3. The lowest BCUT2D eigenvalue weighted by atomic mass is 10.0. The number of halogens is 1. The van der Waals surface area contributed by atoms with Gasteiger partial charge in [0.1, 0.15) is 5.75 Å². The third-order valence-electron chi connectivity index (χ3n) is 3.82. The number of fused-ring (bicyclic) bond motifs is 1. The Labute approximate surface area is 135 Å². The van der Waals surface area contributed by atoms with E-state index >= 15 is 0 Å². The predicted molar refractivity (Wildman–Crippen MR) is 88.8 cm³/mol. The highest BCUT2D eigenvalue weighted by Gasteiger charge is 2.24. The van der Waals surface area contributed by atoms with E-state index < -0.39 is 0 Å². The van der Waals surface area contributed by atoms with Crippen LogP contribution in [-0.4, -0.2) is 19.1 Å². The van der Waals surface area contributed by atoms with E-state index in [1.807, 2.05) is 49.4 Å². The van der Waals surface area contributed by atoms with Crippen LogP contribution in [0.4, 0.5) is 5.69 Å². The fourth-order valence-electron chi connectivity index (χ4n) is 2.78. The Balaban J connectivity index is 1.74. The Hall–Kier alpha value is -2.00. The number of amides is 1. The van der Waals surface area contributed by atoms with E-state index in [-0.39, 0.29) is 12.5 Å². The lowest BCUT2D eigenvalue weighted by Gasteiger charge is -2.30. The topological polar surface area (TPSA) is 29.5 Å². The molecule has 0 saturated heterocycles. The highest BCUT2D eigenvalue weighted by atomic mass is 35.5. The van der Waals surface area contributed by atoms with Crippen molar-refractivity contribution in [3.8, 4) is 5.75 Å². The SMILES string of the molecule is Cc1cccc(OCC(=O)N2CCCc3cccc(Cl)c32)c1. The summed E-state index contributed by atoms with van der Waals surface area (Å²) in [6, 6.07) is 13.5. The van der Waals surface area contributed by atoms with Crippen LogP contribution in [0.3, 0.4) is 0 Å². The van der Waals surface area contributed by atoms with Crippen LogP contribution in [0.1, 0.15) is 17.5 Å². The average Bonchev–Trinajstić information content (AvgIpc) is 2.52. The lowest BCUT2D eigenvalue weighted by molar-refractivity contribution is -0.120. The number of carbonyl (C=O) groups excluding carboxylic acids is 1. The standard InChI is InChI=1S/C18H18ClNO2/c1-13-5-2-8-15(11-13)22-12-17(21)20-10-4-7-14-6-3-9-16(19)18(14)20/h2-3,5-6,8-9,11H,4,7,10,12H2,1H3. The number of carbonyl (C=O) groups is 1. The molecular formula is C18H18ClNO2. The molecule has 2 aromatic rings. The quantitative estimate of drug-likeness (QED) is 0.856. The minimum Gasteiger partial charge on any atom is -0.484 e. The maximum atomic E-state index is 12.5. The summed E-state index contributed by atoms with van der Waals surface area (Å²) in [7, 11) is 0. The van der Waals surface area contributed by atoms with E-state index in [9.17, 15) is 4.79 Å². The molecule has 2 aromatic carbocycles. The fraction of sp³-hybridized carbons (Fsp3) is 0.278. The first-order chi connectivity index (χ1) is 10.6. The summed E-state index contributed by atoms with van der Waals surface area (Å²) in [4.78, 5) is 14.3. The van der Waals surface area contributed by atoms with Crippen molar-refractivity contribution >= 4 is 23.2 Å². The minimum absolute atomic E-state index is 0.0219. The van der Waals surface area contributed by atoms with Crippen molar-refractivity contribution in [3.05, 3.63) is 58.6 Å². The number of benzene rings is 2. The van der Waals surface area contributed by atoms with E-state index in [1.54, 1.807) is 4.90 Å². The van der Waals surface area contributed by atoms with E-state index in [4.69, 9.17) is 16.3 Å². The first kappa shape index (κ1) is 14.9. The maximum absolute atomic E-state index is 12.5. The number of hydrogen-bond acceptors (Lipinski definition) is 2. The Morgan fingerprint density at radius 1 is 1.27 bits per heavy atom. The van der Waals surface area contributed by atoms with Crippen LogP contribution in [0.5, 0.6) is 5.75 Å². The zero-order chi connectivity index (χ0) is 15.5. The minimum atomic E-state index is -0.0597. The van der Waals surface area contributed by atoms with Gasteiger partial charge in [0.15, 0.2) is 6.61 Å². The highest BCUT2D eigenvalue weighted by Crippen LogP contribution is 2.34. The van der Waals surface area contributed by atoms with E-state index in [0.29, 0.717) is 17.3 Å². The molecule has 0 saturated carbocycles. The van der Waals surface area contributed by atoms with Crippen molar-refractivity contribution in [1.29, 1.82) is 0 Å². The van der Waals surface area contributed by atoms with Crippen molar-refractivity contribution in [1.82, 2.24) is 0 Å². The molecule has 1 amide bonds. The summed E-state index contributed by atoms with van der Waals surface area (Å²) in [6.45, 7) is 2.70. The smallest absolute Gasteiger partial charge is 0.264 e. The summed E-state index contributed by atoms with van der Waals surface area (Å²) in [6.07, 6.45) is 1.90. The van der Waals surface area contributed by atoms with Gasteiger partial charge in [-0.15, -0.1) is 0 Å². The number of para-hydroxylation sites is 1. The first-order valence-electron chi connectivity index (χ1n) is 7.42. The molecule has 0 fully saturated rings. The number of hydrogen-bond donors (Lipinski definition) is 0. The van der Waals surface area contributed by atoms with Crippen LogP contribution >= 0.6 is 11.6 Å². The molecule has 3 nitrogen and oxygen atoms in total. The second-order valence-corrected chi connectivity index (χ2v) is 5.91. The summed E-state index contributed by atoms with van der Waals surface area (Å²) in [5, 5.41) is 0.626. The molecule has 0 aliphatic carbocycles. The van der Waals surface area contributed by atoms with Gasteiger partial charge in [-0.3, -0.25) is 4.79 Å². The third-order valence-corrected chi connectivity index (χ3v) is 4.13. The molecule has 0 N–H and O–H groups in total. The molecule has 0 unspecified atom stereocenters. The van der Waals surface area contributed by atoms with Crippen LogP contribution in [0.25, 0.3) is 0 Å². The van der Waals surface area contributed by atoms with Gasteiger partial charge in [0.2, 0.25) is 0 Å². The first-order valence-corrected chi connectivity index (χ1v) is 7.80. The average molecular weight is 316 g/mol. The van der Waals surface area contributed by atoms with Crippen molar-refractivity contribution in [2.45, 2.75) is 19.8 Å². The Kier molecular flexibility index (Phi) is 4.34. The Morgan fingerprint density at radius 3 is 2.91 bits per heavy atom. The summed E-state index contributed by atoms with van der Waals surface area (Å²) in [5.41, 5.74) is 3.08. The van der Waals surface area contributed by atoms with Gasteiger partial charge in [-0.05, 0) is 49.1 Å². The van der Waals surface area contributed by atoms with Gasteiger partial charge in [-0.2, -0.15) is 0 Å². The maximum Gasteiger partial charge on any atom is 0.264 e. The normalized spacial score (nSPS) is 13.6. The van der Waals surface area contributed by atoms with Crippen molar-refractivity contribution < 1.29 is 9.53 Å². The van der Waals surface area contributed by atoms with Gasteiger partial charge in [-0.1, -0.05) is 35.9 Å². The van der Waals surface area contributed by atoms with Gasteiger partial charge in [-0.25, -0.2) is 0 Å². The second kappa shape index (κ2) is 6.41. The zero-order valence-electron chi connectivity index (χ0n) is 12.5. The summed E-state index contributed by atoms with van der Waals surface area (Å²) >= 11 is 6.28. The van der Waals surface area contributed by atoms with Crippen LogP contribution in [-0.2, 0) is 11.2 Å². The molecule has 3 rings (SSSR count). The second-order valence-electron chi connectivity index (χ2n) is 5.50. The van der Waals surface area contributed by atoms with Gasteiger partial charge >= 0.3 is 0 Å². The van der Waals surface area contributed by atoms with Gasteiger partial charge in [0, 0.05) is 6.54 Å². The lowest BCUT2D eigenvalue weighted by Crippen LogP contribution is -2.38. The number of anilines is 1. The fourth-order valence-corrected chi connectivity index (χ4v) is 3.08. The molecule has 0 bridgehead atoms. The summed E-state index contributed by atoms with van der Waals surface area (Å²) < 4.78 is 5.62. The van der Waals surface area contributed by atoms with Crippen LogP contribution in [0.2, 0.25) is 5.02 Å². The molecule has 1 aliphatic heterocycles. The Morgan fingerprint density at radius 2 is 2.09 bits per heavy atom. The molecule has 22 heavy (non-hydrogen) atoms. The molecule has 1 aliphatic rings. The molecule has 0 spiro atoms. The largest absolute Gasteiger partial charge is 0.484 e. The van der Waals surface area contributed by atoms with Crippen LogP contribution < -0.4 is 9.64 Å². The van der Waals surface area contributed by atoms with E-state index in [1.165, 1.54) is 0 Å². The number of nitrogens with zero attached hydrogens (tertiary/aromatic N) is 1. The monoisotopic (exact) mass is 315 g/mol. The van der Waals surface area contributed by atoms with Crippen LogP contribution in [0, 0.1) is 6.92 Å². The van der Waals surface area contributed by atoms with Crippen molar-refractivity contribution in [3.63, 3.8) is 0 Å². The van der Waals surface area contributed by atoms with Gasteiger partial charge < -0.3 is 9.64 Å². The van der Waals surface area contributed by atoms with E-state index in [0.717, 1.165) is 29.7 Å².